The van der Waals surface area contributed by atoms with Gasteiger partial charge in [0.2, 0.25) is 5.82 Å². The van der Waals surface area contributed by atoms with Crippen LogP contribution in [0, 0.1) is 27.3 Å². The number of hydrogen-bond donors (Lipinski definition) is 0. The summed E-state index contributed by atoms with van der Waals surface area (Å²) < 4.78 is 18.7. The van der Waals surface area contributed by atoms with Crippen molar-refractivity contribution in [1.29, 1.82) is 5.26 Å². The van der Waals surface area contributed by atoms with E-state index >= 15 is 0 Å². The van der Waals surface area contributed by atoms with Crippen LogP contribution in [-0.2, 0) is 6.61 Å². The molecule has 0 heterocycles. The molecule has 0 atom stereocenters. The van der Waals surface area contributed by atoms with Crippen molar-refractivity contribution in [3.05, 3.63) is 69.5 Å². The number of nitro benzene ring substituents is 1. The molecule has 5 nitrogen and oxygen atoms in total. The number of nitro groups is 1. The molecule has 0 aliphatic carbocycles. The molecule has 2 aromatic rings. The molecule has 0 bridgehead atoms. The zero-order valence-electron chi connectivity index (χ0n) is 10.2. The number of ether oxygens (including phenoxy) is 1. The predicted octanol–water partition coefficient (Wildman–Crippen LogP) is 3.18. The van der Waals surface area contributed by atoms with Gasteiger partial charge in [-0.1, -0.05) is 12.1 Å². The molecule has 0 spiro atoms. The molecular formula is C14H9FN2O3. The Balaban J connectivity index is 2.09. The van der Waals surface area contributed by atoms with Crippen molar-refractivity contribution in [2.45, 2.75) is 6.61 Å². The summed E-state index contributed by atoms with van der Waals surface area (Å²) in [5, 5.41) is 19.2. The quantitative estimate of drug-likeness (QED) is 0.632. The third-order valence-electron chi connectivity index (χ3n) is 2.58. The molecule has 2 aromatic carbocycles. The van der Waals surface area contributed by atoms with Gasteiger partial charge in [-0.15, -0.1) is 0 Å². The smallest absolute Gasteiger partial charge is 0.305 e. The van der Waals surface area contributed by atoms with Crippen LogP contribution in [0.25, 0.3) is 0 Å². The molecule has 0 unspecified atom stereocenters. The van der Waals surface area contributed by atoms with Crippen LogP contribution < -0.4 is 4.74 Å². The summed E-state index contributed by atoms with van der Waals surface area (Å²) in [6.45, 7) is 0.146. The van der Waals surface area contributed by atoms with E-state index in [1.54, 1.807) is 24.3 Å². The molecule has 100 valence electrons. The summed E-state index contributed by atoms with van der Waals surface area (Å²) in [6, 6.07) is 12.1. The molecular weight excluding hydrogens is 263 g/mol. The highest BCUT2D eigenvalue weighted by molar-refractivity contribution is 5.38. The van der Waals surface area contributed by atoms with Crippen molar-refractivity contribution >= 4 is 5.69 Å². The zero-order chi connectivity index (χ0) is 14.5. The van der Waals surface area contributed by atoms with Crippen molar-refractivity contribution in [3.8, 4) is 11.8 Å². The third-order valence-corrected chi connectivity index (χ3v) is 2.58. The van der Waals surface area contributed by atoms with Gasteiger partial charge in [-0.2, -0.15) is 9.65 Å². The molecule has 0 fully saturated rings. The second-order valence-electron chi connectivity index (χ2n) is 3.97. The molecule has 2 rings (SSSR count). The van der Waals surface area contributed by atoms with Gasteiger partial charge in [0, 0.05) is 12.1 Å². The van der Waals surface area contributed by atoms with E-state index in [1.807, 2.05) is 6.07 Å². The average Bonchev–Trinajstić information content (AvgIpc) is 2.45. The minimum absolute atomic E-state index is 0.146. The lowest BCUT2D eigenvalue weighted by molar-refractivity contribution is -0.387. The number of rotatable bonds is 4. The van der Waals surface area contributed by atoms with E-state index in [9.17, 15) is 14.5 Å². The fourth-order valence-electron chi connectivity index (χ4n) is 1.62. The summed E-state index contributed by atoms with van der Waals surface area (Å²) in [5.74, 6) is -0.756. The Labute approximate surface area is 114 Å². The number of halogens is 1. The van der Waals surface area contributed by atoms with E-state index in [4.69, 9.17) is 10.00 Å². The number of benzene rings is 2. The average molecular weight is 272 g/mol. The Morgan fingerprint density at radius 2 is 2.10 bits per heavy atom. The lowest BCUT2D eigenvalue weighted by Gasteiger charge is -2.06. The van der Waals surface area contributed by atoms with Crippen LogP contribution >= 0.6 is 0 Å². The zero-order valence-corrected chi connectivity index (χ0v) is 10.2. The SMILES string of the molecule is N#Cc1cccc(COc2ccc([N+](=O)[O-])c(F)c2)c1. The monoisotopic (exact) mass is 272 g/mol. The minimum Gasteiger partial charge on any atom is -0.489 e. The number of hydrogen-bond acceptors (Lipinski definition) is 4. The third kappa shape index (κ3) is 3.09. The second-order valence-corrected chi connectivity index (χ2v) is 3.97. The topological polar surface area (TPSA) is 76.2 Å². The Kier molecular flexibility index (Phi) is 3.91. The van der Waals surface area contributed by atoms with Crippen LogP contribution in [0.5, 0.6) is 5.75 Å². The first-order valence-corrected chi connectivity index (χ1v) is 5.66. The van der Waals surface area contributed by atoms with Crippen molar-refractivity contribution in [2.75, 3.05) is 0 Å². The molecule has 0 saturated carbocycles. The molecule has 0 aromatic heterocycles. The van der Waals surface area contributed by atoms with Gasteiger partial charge in [-0.05, 0) is 23.8 Å². The maximum absolute atomic E-state index is 13.4. The summed E-state index contributed by atoms with van der Waals surface area (Å²) in [5.41, 5.74) is 0.660. The first kappa shape index (κ1) is 13.5. The summed E-state index contributed by atoms with van der Waals surface area (Å²) in [4.78, 5) is 9.68. The van der Waals surface area contributed by atoms with Gasteiger partial charge < -0.3 is 4.74 Å². The number of nitrogens with zero attached hydrogens (tertiary/aromatic N) is 2. The lowest BCUT2D eigenvalue weighted by Crippen LogP contribution is -1.98. The molecule has 0 aliphatic heterocycles. The van der Waals surface area contributed by atoms with E-state index in [0.717, 1.165) is 17.7 Å². The first-order valence-electron chi connectivity index (χ1n) is 5.66. The fraction of sp³-hybridized carbons (Fsp3) is 0.0714. The van der Waals surface area contributed by atoms with Gasteiger partial charge in [-0.3, -0.25) is 10.1 Å². The summed E-state index contributed by atoms with van der Waals surface area (Å²) in [7, 11) is 0. The number of nitriles is 1. The van der Waals surface area contributed by atoms with E-state index in [0.29, 0.717) is 5.56 Å². The normalized spacial score (nSPS) is 9.80. The van der Waals surface area contributed by atoms with Crippen LogP contribution in [0.3, 0.4) is 0 Å². The Morgan fingerprint density at radius 3 is 2.75 bits per heavy atom. The predicted molar refractivity (Wildman–Crippen MR) is 68.5 cm³/mol. The van der Waals surface area contributed by atoms with Gasteiger partial charge in [0.05, 0.1) is 16.6 Å². The van der Waals surface area contributed by atoms with Crippen molar-refractivity contribution in [2.24, 2.45) is 0 Å². The van der Waals surface area contributed by atoms with Crippen LogP contribution in [-0.4, -0.2) is 4.92 Å². The Morgan fingerprint density at radius 1 is 1.30 bits per heavy atom. The van der Waals surface area contributed by atoms with Crippen molar-refractivity contribution in [1.82, 2.24) is 0 Å². The van der Waals surface area contributed by atoms with Crippen molar-refractivity contribution in [3.63, 3.8) is 0 Å². The molecule has 20 heavy (non-hydrogen) atoms. The Bertz CT molecular complexity index is 695. The summed E-state index contributed by atoms with van der Waals surface area (Å²) >= 11 is 0. The molecule has 0 radical (unpaired) electrons. The second kappa shape index (κ2) is 5.80. The van der Waals surface area contributed by atoms with Gasteiger partial charge >= 0.3 is 5.69 Å². The van der Waals surface area contributed by atoms with Crippen LogP contribution in [0.15, 0.2) is 42.5 Å². The highest BCUT2D eigenvalue weighted by atomic mass is 19.1. The molecule has 0 N–H and O–H groups in total. The highest BCUT2D eigenvalue weighted by Crippen LogP contribution is 2.23. The fourth-order valence-corrected chi connectivity index (χ4v) is 1.62. The Hall–Kier alpha value is -2.94. The van der Waals surface area contributed by atoms with Gasteiger partial charge in [0.1, 0.15) is 12.4 Å². The summed E-state index contributed by atoms with van der Waals surface area (Å²) in [6.07, 6.45) is 0. The minimum atomic E-state index is -0.946. The maximum Gasteiger partial charge on any atom is 0.305 e. The largest absolute Gasteiger partial charge is 0.489 e. The lowest BCUT2D eigenvalue weighted by atomic mass is 10.1. The van der Waals surface area contributed by atoms with E-state index in [2.05, 4.69) is 0 Å². The first-order chi connectivity index (χ1) is 9.60. The maximum atomic E-state index is 13.4. The van der Waals surface area contributed by atoms with Crippen LogP contribution in [0.1, 0.15) is 11.1 Å². The molecule has 0 saturated heterocycles. The van der Waals surface area contributed by atoms with E-state index in [1.165, 1.54) is 6.07 Å². The van der Waals surface area contributed by atoms with Gasteiger partial charge in [0.15, 0.2) is 0 Å². The van der Waals surface area contributed by atoms with Crippen LogP contribution in [0.4, 0.5) is 10.1 Å². The van der Waals surface area contributed by atoms with Crippen LogP contribution in [0.2, 0.25) is 0 Å². The molecule has 0 amide bonds. The van der Waals surface area contributed by atoms with E-state index in [-0.39, 0.29) is 12.4 Å². The standard InChI is InChI=1S/C14H9FN2O3/c15-13-7-12(4-5-14(13)17(18)19)20-9-11-3-1-2-10(6-11)8-16/h1-7H,9H2. The van der Waals surface area contributed by atoms with Gasteiger partial charge in [-0.25, -0.2) is 0 Å². The molecule has 6 heteroatoms. The molecule has 0 aliphatic rings. The van der Waals surface area contributed by atoms with E-state index < -0.39 is 16.4 Å². The highest BCUT2D eigenvalue weighted by Gasteiger charge is 2.14. The van der Waals surface area contributed by atoms with Gasteiger partial charge in [0.25, 0.3) is 0 Å². The van der Waals surface area contributed by atoms with Crippen molar-refractivity contribution < 1.29 is 14.1 Å².